The molecule has 8 heteroatoms. The fraction of sp³-hybridized carbons (Fsp3) is 0.278. The number of nitro benzene ring substituents is 1. The van der Waals surface area contributed by atoms with Crippen LogP contribution in [0.2, 0.25) is 10.0 Å². The third-order valence-electron chi connectivity index (χ3n) is 3.79. The second-order valence-electron chi connectivity index (χ2n) is 6.07. The van der Waals surface area contributed by atoms with Crippen molar-refractivity contribution in [1.29, 1.82) is 0 Å². The van der Waals surface area contributed by atoms with Crippen molar-refractivity contribution in [3.8, 4) is 0 Å². The van der Waals surface area contributed by atoms with Crippen molar-refractivity contribution in [2.75, 3.05) is 18.9 Å². The number of hydrogen-bond acceptors (Lipinski definition) is 4. The molecule has 0 aliphatic heterocycles. The second-order valence-corrected chi connectivity index (χ2v) is 6.94. The van der Waals surface area contributed by atoms with E-state index < -0.39 is 4.92 Å². The first-order valence-electron chi connectivity index (χ1n) is 7.93. The van der Waals surface area contributed by atoms with Gasteiger partial charge in [0.05, 0.1) is 4.92 Å². The second kappa shape index (κ2) is 8.98. The van der Waals surface area contributed by atoms with Gasteiger partial charge in [0.1, 0.15) is 0 Å². The maximum Gasteiger partial charge on any atom is 0.269 e. The molecule has 0 saturated carbocycles. The highest BCUT2D eigenvalue weighted by molar-refractivity contribution is 6.34. The maximum atomic E-state index is 12.1. The number of aryl methyl sites for hydroxylation is 1. The lowest BCUT2D eigenvalue weighted by molar-refractivity contribution is -0.384. The number of hydrogen-bond donors (Lipinski definition) is 1. The minimum atomic E-state index is -0.463. The first kappa shape index (κ1) is 20.2. The number of amides is 1. The third kappa shape index (κ3) is 5.98. The van der Waals surface area contributed by atoms with Gasteiger partial charge in [0.2, 0.25) is 5.91 Å². The number of anilines is 1. The normalized spacial score (nSPS) is 10.8. The molecular formula is C18H19Cl2N3O3. The van der Waals surface area contributed by atoms with E-state index in [0.717, 1.165) is 5.56 Å². The average Bonchev–Trinajstić information content (AvgIpc) is 2.53. The number of halogens is 2. The number of rotatable bonds is 7. The van der Waals surface area contributed by atoms with Gasteiger partial charge in [0.15, 0.2) is 0 Å². The molecule has 0 spiro atoms. The Labute approximate surface area is 161 Å². The zero-order valence-corrected chi connectivity index (χ0v) is 16.0. The Morgan fingerprint density at radius 2 is 1.85 bits per heavy atom. The van der Waals surface area contributed by atoms with Gasteiger partial charge in [-0.2, -0.15) is 0 Å². The van der Waals surface area contributed by atoms with Gasteiger partial charge < -0.3 is 10.2 Å². The molecule has 0 aliphatic carbocycles. The summed E-state index contributed by atoms with van der Waals surface area (Å²) in [6.45, 7) is 2.88. The van der Waals surface area contributed by atoms with Crippen LogP contribution in [-0.4, -0.2) is 29.3 Å². The van der Waals surface area contributed by atoms with E-state index >= 15 is 0 Å². The molecule has 0 atom stereocenters. The predicted octanol–water partition coefficient (Wildman–Crippen LogP) is 4.67. The molecule has 0 aliphatic rings. The molecule has 2 aromatic carbocycles. The molecule has 26 heavy (non-hydrogen) atoms. The first-order valence-corrected chi connectivity index (χ1v) is 8.68. The number of non-ortho nitro benzene ring substituents is 1. The van der Waals surface area contributed by atoms with E-state index in [1.807, 2.05) is 24.1 Å². The van der Waals surface area contributed by atoms with Crippen LogP contribution in [0.1, 0.15) is 17.5 Å². The molecule has 2 rings (SSSR count). The van der Waals surface area contributed by atoms with Crippen LogP contribution in [0.5, 0.6) is 0 Å². The van der Waals surface area contributed by atoms with Crippen molar-refractivity contribution in [3.05, 3.63) is 67.7 Å². The Balaban J connectivity index is 1.87. The summed E-state index contributed by atoms with van der Waals surface area (Å²) in [5, 5.41) is 14.7. The third-order valence-corrected chi connectivity index (χ3v) is 4.23. The Hall–Kier alpha value is -2.15. The van der Waals surface area contributed by atoms with E-state index in [1.165, 1.54) is 12.1 Å². The first-order chi connectivity index (χ1) is 12.2. The van der Waals surface area contributed by atoms with E-state index in [2.05, 4.69) is 5.32 Å². The molecule has 138 valence electrons. The highest BCUT2D eigenvalue weighted by Gasteiger charge is 2.11. The summed E-state index contributed by atoms with van der Waals surface area (Å²) in [5.74, 6) is -0.155. The quantitative estimate of drug-likeness (QED) is 0.545. The number of nitrogens with one attached hydrogen (secondary N) is 1. The molecule has 0 heterocycles. The smallest absolute Gasteiger partial charge is 0.269 e. The van der Waals surface area contributed by atoms with E-state index in [4.69, 9.17) is 23.2 Å². The fourth-order valence-electron chi connectivity index (χ4n) is 2.50. The van der Waals surface area contributed by atoms with Gasteiger partial charge in [-0.1, -0.05) is 23.2 Å². The van der Waals surface area contributed by atoms with Crippen LogP contribution in [0.3, 0.4) is 0 Å². The Kier molecular flexibility index (Phi) is 6.97. The van der Waals surface area contributed by atoms with Gasteiger partial charge in [-0.05, 0) is 49.4 Å². The summed E-state index contributed by atoms with van der Waals surface area (Å²) in [6.07, 6.45) is 0.293. The van der Waals surface area contributed by atoms with Crippen molar-refractivity contribution >= 4 is 40.5 Å². The molecule has 0 saturated heterocycles. The van der Waals surface area contributed by atoms with Crippen molar-refractivity contribution in [3.63, 3.8) is 0 Å². The lowest BCUT2D eigenvalue weighted by atomic mass is 10.1. The van der Waals surface area contributed by atoms with Gasteiger partial charge in [0.25, 0.3) is 5.69 Å². The number of carbonyl (C=O) groups is 1. The summed E-state index contributed by atoms with van der Waals surface area (Å²) in [6, 6.07) is 9.70. The van der Waals surface area contributed by atoms with Gasteiger partial charge in [-0.15, -0.1) is 0 Å². The zero-order chi connectivity index (χ0) is 19.3. The zero-order valence-electron chi connectivity index (χ0n) is 14.5. The van der Waals surface area contributed by atoms with Crippen molar-refractivity contribution in [2.24, 2.45) is 0 Å². The van der Waals surface area contributed by atoms with Crippen LogP contribution >= 0.6 is 23.2 Å². The monoisotopic (exact) mass is 395 g/mol. The Bertz CT molecular complexity index is 807. The van der Waals surface area contributed by atoms with Crippen molar-refractivity contribution < 1.29 is 9.72 Å². The largest absolute Gasteiger partial charge is 0.326 e. The summed E-state index contributed by atoms with van der Waals surface area (Å²) in [7, 11) is 1.90. The molecule has 0 bridgehead atoms. The SMILES string of the molecule is Cc1cc([N+](=O)[O-])ccc1NC(=O)CCN(C)Cc1cc(Cl)cc(Cl)c1. The Morgan fingerprint density at radius 1 is 1.19 bits per heavy atom. The lowest BCUT2D eigenvalue weighted by Gasteiger charge is -2.17. The highest BCUT2D eigenvalue weighted by Crippen LogP contribution is 2.22. The van der Waals surface area contributed by atoms with Crippen LogP contribution in [0.4, 0.5) is 11.4 Å². The molecule has 0 aromatic heterocycles. The molecule has 6 nitrogen and oxygen atoms in total. The van der Waals surface area contributed by atoms with Crippen LogP contribution < -0.4 is 5.32 Å². The van der Waals surface area contributed by atoms with Gasteiger partial charge >= 0.3 is 0 Å². The van der Waals surface area contributed by atoms with Crippen LogP contribution in [-0.2, 0) is 11.3 Å². The molecule has 2 aromatic rings. The lowest BCUT2D eigenvalue weighted by Crippen LogP contribution is -2.24. The summed E-state index contributed by atoms with van der Waals surface area (Å²) in [4.78, 5) is 24.4. The van der Waals surface area contributed by atoms with E-state index in [9.17, 15) is 14.9 Å². The molecule has 1 amide bonds. The van der Waals surface area contributed by atoms with E-state index in [-0.39, 0.29) is 11.6 Å². The summed E-state index contributed by atoms with van der Waals surface area (Å²) >= 11 is 12.0. The van der Waals surface area contributed by atoms with Crippen molar-refractivity contribution in [1.82, 2.24) is 4.90 Å². The van der Waals surface area contributed by atoms with Crippen LogP contribution in [0.15, 0.2) is 36.4 Å². The van der Waals surface area contributed by atoms with Crippen LogP contribution in [0, 0.1) is 17.0 Å². The summed E-state index contributed by atoms with van der Waals surface area (Å²) in [5.41, 5.74) is 2.19. The van der Waals surface area contributed by atoms with Gasteiger partial charge in [-0.25, -0.2) is 0 Å². The standard InChI is InChI=1S/C18H19Cl2N3O3/c1-12-7-16(23(25)26)3-4-17(12)21-18(24)5-6-22(2)11-13-8-14(19)10-15(20)9-13/h3-4,7-10H,5-6,11H2,1-2H3,(H,21,24). The topological polar surface area (TPSA) is 75.5 Å². The fourth-order valence-corrected chi connectivity index (χ4v) is 3.07. The highest BCUT2D eigenvalue weighted by atomic mass is 35.5. The van der Waals surface area contributed by atoms with Crippen molar-refractivity contribution in [2.45, 2.75) is 19.9 Å². The molecule has 0 fully saturated rings. The van der Waals surface area contributed by atoms with Crippen LogP contribution in [0.25, 0.3) is 0 Å². The molecular weight excluding hydrogens is 377 g/mol. The molecule has 1 N–H and O–H groups in total. The van der Waals surface area contributed by atoms with Gasteiger partial charge in [-0.3, -0.25) is 14.9 Å². The maximum absolute atomic E-state index is 12.1. The number of nitro groups is 1. The van der Waals surface area contributed by atoms with E-state index in [1.54, 1.807) is 19.1 Å². The minimum Gasteiger partial charge on any atom is -0.326 e. The minimum absolute atomic E-state index is 0.000384. The van der Waals surface area contributed by atoms with E-state index in [0.29, 0.717) is 40.8 Å². The number of nitrogens with zero attached hydrogens (tertiary/aromatic N) is 2. The summed E-state index contributed by atoms with van der Waals surface area (Å²) < 4.78 is 0. The average molecular weight is 396 g/mol. The molecule has 0 unspecified atom stereocenters. The number of benzene rings is 2. The number of carbonyl (C=O) groups excluding carboxylic acids is 1. The predicted molar refractivity (Wildman–Crippen MR) is 104 cm³/mol. The molecule has 0 radical (unpaired) electrons. The Morgan fingerprint density at radius 3 is 2.42 bits per heavy atom. The van der Waals surface area contributed by atoms with Gasteiger partial charge in [0, 0.05) is 47.4 Å².